The SMILES string of the molecule is COc1cccc(CNC(=O)CCc2nc(N3CCCCC3)c3c(-c4ccc(F)cc4)noc3n2)c1. The van der Waals surface area contributed by atoms with Crippen LogP contribution in [-0.2, 0) is 17.8 Å². The number of piperidine rings is 1. The summed E-state index contributed by atoms with van der Waals surface area (Å²) in [6.07, 6.45) is 3.94. The van der Waals surface area contributed by atoms with Crippen LogP contribution >= 0.6 is 0 Å². The number of nitrogens with one attached hydrogen (secondary N) is 1. The van der Waals surface area contributed by atoms with Crippen molar-refractivity contribution >= 4 is 22.8 Å². The minimum atomic E-state index is -0.314. The Morgan fingerprint density at radius 2 is 1.92 bits per heavy atom. The molecule has 9 heteroatoms. The summed E-state index contributed by atoms with van der Waals surface area (Å²) in [7, 11) is 1.61. The highest BCUT2D eigenvalue weighted by atomic mass is 19.1. The third-order valence-corrected chi connectivity index (χ3v) is 6.34. The second kappa shape index (κ2) is 10.7. The number of anilines is 1. The Hall–Kier alpha value is -4.01. The number of carbonyl (C=O) groups excluding carboxylic acids is 1. The van der Waals surface area contributed by atoms with Crippen molar-refractivity contribution in [2.75, 3.05) is 25.1 Å². The van der Waals surface area contributed by atoms with E-state index in [1.807, 2.05) is 24.3 Å². The molecule has 0 atom stereocenters. The predicted molar refractivity (Wildman–Crippen MR) is 134 cm³/mol. The first-order valence-electron chi connectivity index (χ1n) is 12.2. The Bertz CT molecular complexity index is 1350. The lowest BCUT2D eigenvalue weighted by Crippen LogP contribution is -2.30. The molecule has 1 aliphatic heterocycles. The molecular formula is C27H28FN5O3. The number of fused-ring (bicyclic) bond motifs is 1. The Kier molecular flexibility index (Phi) is 7.06. The zero-order valence-electron chi connectivity index (χ0n) is 20.2. The molecule has 0 saturated carbocycles. The molecule has 5 rings (SSSR count). The van der Waals surface area contributed by atoms with Crippen molar-refractivity contribution in [2.24, 2.45) is 0 Å². The van der Waals surface area contributed by atoms with Gasteiger partial charge in [-0.1, -0.05) is 17.3 Å². The predicted octanol–water partition coefficient (Wildman–Crippen LogP) is 4.67. The topological polar surface area (TPSA) is 93.4 Å². The van der Waals surface area contributed by atoms with Gasteiger partial charge in [-0.3, -0.25) is 4.79 Å². The monoisotopic (exact) mass is 489 g/mol. The molecule has 0 unspecified atom stereocenters. The highest BCUT2D eigenvalue weighted by Gasteiger charge is 2.24. The molecule has 186 valence electrons. The molecule has 1 fully saturated rings. The van der Waals surface area contributed by atoms with Crippen molar-refractivity contribution < 1.29 is 18.4 Å². The molecule has 1 N–H and O–H groups in total. The van der Waals surface area contributed by atoms with Gasteiger partial charge in [-0.05, 0) is 61.2 Å². The number of aromatic nitrogens is 3. The lowest BCUT2D eigenvalue weighted by molar-refractivity contribution is -0.121. The van der Waals surface area contributed by atoms with Gasteiger partial charge < -0.3 is 19.5 Å². The summed E-state index contributed by atoms with van der Waals surface area (Å²) in [6.45, 7) is 2.17. The van der Waals surface area contributed by atoms with E-state index in [1.54, 1.807) is 19.2 Å². The lowest BCUT2D eigenvalue weighted by Gasteiger charge is -2.28. The number of ether oxygens (including phenoxy) is 1. The zero-order valence-corrected chi connectivity index (χ0v) is 20.2. The number of benzene rings is 2. The summed E-state index contributed by atoms with van der Waals surface area (Å²) in [5.41, 5.74) is 2.66. The van der Waals surface area contributed by atoms with Crippen molar-refractivity contribution in [3.05, 3.63) is 65.7 Å². The van der Waals surface area contributed by atoms with Crippen molar-refractivity contribution in [1.82, 2.24) is 20.4 Å². The number of methoxy groups -OCH3 is 1. The molecule has 3 heterocycles. The first kappa shape index (κ1) is 23.7. The Balaban J connectivity index is 1.36. The lowest BCUT2D eigenvalue weighted by atomic mass is 10.1. The van der Waals surface area contributed by atoms with E-state index in [4.69, 9.17) is 14.2 Å². The second-order valence-corrected chi connectivity index (χ2v) is 8.86. The number of rotatable bonds is 8. The van der Waals surface area contributed by atoms with Crippen LogP contribution in [0.15, 0.2) is 53.1 Å². The van der Waals surface area contributed by atoms with E-state index < -0.39 is 0 Å². The Morgan fingerprint density at radius 3 is 2.69 bits per heavy atom. The quantitative estimate of drug-likeness (QED) is 0.384. The molecule has 0 radical (unpaired) electrons. The van der Waals surface area contributed by atoms with Crippen LogP contribution in [0.4, 0.5) is 10.2 Å². The number of hydrogen-bond acceptors (Lipinski definition) is 7. The molecule has 4 aromatic rings. The average molecular weight is 490 g/mol. The maximum absolute atomic E-state index is 13.5. The third-order valence-electron chi connectivity index (χ3n) is 6.34. The summed E-state index contributed by atoms with van der Waals surface area (Å²) in [5.74, 6) is 1.63. The molecule has 8 nitrogen and oxygen atoms in total. The van der Waals surface area contributed by atoms with Gasteiger partial charge in [0.05, 0.1) is 7.11 Å². The number of hydrogen-bond donors (Lipinski definition) is 1. The van der Waals surface area contributed by atoms with E-state index in [1.165, 1.54) is 18.6 Å². The largest absolute Gasteiger partial charge is 0.497 e. The number of carbonyl (C=O) groups is 1. The molecule has 1 amide bonds. The van der Waals surface area contributed by atoms with Crippen molar-refractivity contribution in [2.45, 2.75) is 38.6 Å². The van der Waals surface area contributed by atoms with E-state index in [2.05, 4.69) is 20.4 Å². The third kappa shape index (κ3) is 5.30. The van der Waals surface area contributed by atoms with Gasteiger partial charge >= 0.3 is 0 Å². The zero-order chi connectivity index (χ0) is 24.9. The maximum Gasteiger partial charge on any atom is 0.263 e. The van der Waals surface area contributed by atoms with Gasteiger partial charge in [0.2, 0.25) is 5.91 Å². The van der Waals surface area contributed by atoms with Gasteiger partial charge in [0.15, 0.2) is 0 Å². The fourth-order valence-electron chi connectivity index (χ4n) is 4.43. The highest BCUT2D eigenvalue weighted by molar-refractivity contribution is 5.98. The number of aryl methyl sites for hydroxylation is 1. The van der Waals surface area contributed by atoms with Gasteiger partial charge in [0, 0.05) is 38.0 Å². The van der Waals surface area contributed by atoms with Crippen molar-refractivity contribution in [3.63, 3.8) is 0 Å². The van der Waals surface area contributed by atoms with E-state index in [9.17, 15) is 9.18 Å². The molecule has 2 aromatic carbocycles. The summed E-state index contributed by atoms with van der Waals surface area (Å²) in [5, 5.41) is 7.90. The second-order valence-electron chi connectivity index (χ2n) is 8.86. The fourth-order valence-corrected chi connectivity index (χ4v) is 4.43. The van der Waals surface area contributed by atoms with Gasteiger partial charge in [0.1, 0.15) is 34.3 Å². The normalized spacial score (nSPS) is 13.7. The number of amides is 1. The molecule has 0 bridgehead atoms. The van der Waals surface area contributed by atoms with Crippen LogP contribution in [0, 0.1) is 5.82 Å². The standard InChI is InChI=1S/C27H28FN5O3/c1-35-21-7-5-6-18(16-21)17-29-23(34)13-12-22-30-26(33-14-3-2-4-15-33)24-25(32-36-27(24)31-22)19-8-10-20(28)11-9-19/h5-11,16H,2-4,12-15,17H2,1H3,(H,29,34). The van der Waals surface area contributed by atoms with E-state index in [0.29, 0.717) is 30.2 Å². The maximum atomic E-state index is 13.5. The van der Waals surface area contributed by atoms with Gasteiger partial charge in [0.25, 0.3) is 5.71 Å². The number of nitrogens with zero attached hydrogens (tertiary/aromatic N) is 4. The smallest absolute Gasteiger partial charge is 0.263 e. The van der Waals surface area contributed by atoms with Crippen LogP contribution in [0.5, 0.6) is 5.75 Å². The molecule has 36 heavy (non-hydrogen) atoms. The molecule has 0 aliphatic carbocycles. The van der Waals surface area contributed by atoms with Crippen LogP contribution in [-0.4, -0.2) is 41.2 Å². The van der Waals surface area contributed by atoms with E-state index in [0.717, 1.165) is 54.0 Å². The van der Waals surface area contributed by atoms with Gasteiger partial charge in [-0.2, -0.15) is 4.98 Å². The first-order valence-corrected chi connectivity index (χ1v) is 12.2. The molecule has 0 spiro atoms. The molecule has 1 saturated heterocycles. The van der Waals surface area contributed by atoms with Crippen molar-refractivity contribution in [1.29, 1.82) is 0 Å². The average Bonchev–Trinajstić information content (AvgIpc) is 3.35. The van der Waals surface area contributed by atoms with E-state index in [-0.39, 0.29) is 18.1 Å². The van der Waals surface area contributed by atoms with Crippen LogP contribution < -0.4 is 15.0 Å². The fraction of sp³-hybridized carbons (Fsp3) is 0.333. The summed E-state index contributed by atoms with van der Waals surface area (Å²) < 4.78 is 24.3. The Morgan fingerprint density at radius 1 is 1.11 bits per heavy atom. The molecular weight excluding hydrogens is 461 g/mol. The highest BCUT2D eigenvalue weighted by Crippen LogP contribution is 2.35. The minimum Gasteiger partial charge on any atom is -0.497 e. The van der Waals surface area contributed by atoms with Crippen molar-refractivity contribution in [3.8, 4) is 17.0 Å². The van der Waals surface area contributed by atoms with E-state index >= 15 is 0 Å². The Labute approximate surface area is 208 Å². The summed E-state index contributed by atoms with van der Waals surface area (Å²) in [6, 6.07) is 13.7. The van der Waals surface area contributed by atoms with Crippen LogP contribution in [0.1, 0.15) is 37.1 Å². The van der Waals surface area contributed by atoms with Gasteiger partial charge in [-0.25, -0.2) is 9.37 Å². The van der Waals surface area contributed by atoms with Crippen LogP contribution in [0.3, 0.4) is 0 Å². The number of halogens is 1. The summed E-state index contributed by atoms with van der Waals surface area (Å²) in [4.78, 5) is 24.2. The van der Waals surface area contributed by atoms with Gasteiger partial charge in [-0.15, -0.1) is 0 Å². The first-order chi connectivity index (χ1) is 17.6. The molecule has 2 aromatic heterocycles. The minimum absolute atomic E-state index is 0.0920. The van der Waals surface area contributed by atoms with Crippen LogP contribution in [0.25, 0.3) is 22.4 Å². The summed E-state index contributed by atoms with van der Waals surface area (Å²) >= 11 is 0. The molecule has 1 aliphatic rings. The van der Waals surface area contributed by atoms with Crippen LogP contribution in [0.2, 0.25) is 0 Å².